The first-order valence-electron chi connectivity index (χ1n) is 5.43. The van der Waals surface area contributed by atoms with Crippen LogP contribution in [-0.4, -0.2) is 22.2 Å². The van der Waals surface area contributed by atoms with Gasteiger partial charge in [0.15, 0.2) is 0 Å². The summed E-state index contributed by atoms with van der Waals surface area (Å²) in [5.41, 5.74) is -1.56. The van der Waals surface area contributed by atoms with E-state index < -0.39 is 23.2 Å². The second kappa shape index (κ2) is 3.68. The summed E-state index contributed by atoms with van der Waals surface area (Å²) in [6.45, 7) is 1.41. The predicted molar refractivity (Wildman–Crippen MR) is 56.9 cm³/mol. The lowest BCUT2D eigenvalue weighted by molar-refractivity contribution is -0.149. The summed E-state index contributed by atoms with van der Waals surface area (Å²) in [6.07, 6.45) is 2.24. The lowest BCUT2D eigenvalue weighted by atomic mass is 9.71. The molecule has 1 atom stereocenters. The number of aliphatic carboxylic acids is 2. The van der Waals surface area contributed by atoms with Gasteiger partial charge in [-0.25, -0.2) is 9.18 Å². The third kappa shape index (κ3) is 1.66. The highest BCUT2D eigenvalue weighted by molar-refractivity contribution is 5.91. The van der Waals surface area contributed by atoms with Gasteiger partial charge in [-0.1, -0.05) is 0 Å². The Morgan fingerprint density at radius 1 is 1.41 bits per heavy atom. The highest BCUT2D eigenvalue weighted by Crippen LogP contribution is 2.56. The fourth-order valence-corrected chi connectivity index (χ4v) is 2.49. The van der Waals surface area contributed by atoms with E-state index in [4.69, 9.17) is 5.11 Å². The Bertz CT molecular complexity index is 459. The van der Waals surface area contributed by atoms with E-state index >= 15 is 0 Å². The van der Waals surface area contributed by atoms with Crippen molar-refractivity contribution in [2.24, 2.45) is 11.3 Å². The number of carboxylic acid groups (broad SMARTS) is 2. The first-order chi connectivity index (χ1) is 7.89. The highest BCUT2D eigenvalue weighted by Gasteiger charge is 2.57. The summed E-state index contributed by atoms with van der Waals surface area (Å²) < 4.78 is 14.1. The highest BCUT2D eigenvalue weighted by atomic mass is 19.1. The molecule has 2 rings (SSSR count). The second-order valence-electron chi connectivity index (χ2n) is 4.70. The molecule has 2 aliphatic rings. The van der Waals surface area contributed by atoms with Crippen molar-refractivity contribution in [2.45, 2.75) is 26.2 Å². The van der Waals surface area contributed by atoms with Crippen molar-refractivity contribution in [1.82, 2.24) is 0 Å². The van der Waals surface area contributed by atoms with Crippen LogP contribution in [0.25, 0.3) is 0 Å². The molecule has 0 radical (unpaired) electrons. The predicted octanol–water partition coefficient (Wildman–Crippen LogP) is 2.13. The Balaban J connectivity index is 2.52. The Morgan fingerprint density at radius 3 is 2.41 bits per heavy atom. The molecule has 1 fully saturated rings. The topological polar surface area (TPSA) is 74.6 Å². The Kier molecular flexibility index (Phi) is 2.56. The maximum atomic E-state index is 14.1. The Morgan fingerprint density at radius 2 is 2.00 bits per heavy atom. The summed E-state index contributed by atoms with van der Waals surface area (Å²) in [5.74, 6) is -3.40. The van der Waals surface area contributed by atoms with Crippen molar-refractivity contribution >= 4 is 11.9 Å². The molecule has 0 aliphatic heterocycles. The van der Waals surface area contributed by atoms with Crippen LogP contribution in [0.2, 0.25) is 0 Å². The first kappa shape index (κ1) is 11.8. The van der Waals surface area contributed by atoms with Gasteiger partial charge in [0.2, 0.25) is 0 Å². The SMILES string of the molecule is CC1=C(F)C(C(=O)O)(C2CC2)CC(C(=O)O)=C1. The quantitative estimate of drug-likeness (QED) is 0.792. The number of rotatable bonds is 3. The molecule has 5 heteroatoms. The zero-order valence-electron chi connectivity index (χ0n) is 9.36. The molecule has 0 spiro atoms. The summed E-state index contributed by atoms with van der Waals surface area (Å²) in [5, 5.41) is 18.2. The van der Waals surface area contributed by atoms with Gasteiger partial charge in [0.1, 0.15) is 11.2 Å². The van der Waals surface area contributed by atoms with Crippen molar-refractivity contribution < 1.29 is 24.2 Å². The molecule has 0 bridgehead atoms. The number of hydrogen-bond acceptors (Lipinski definition) is 2. The van der Waals surface area contributed by atoms with Gasteiger partial charge in [0.05, 0.1) is 0 Å². The lowest BCUT2D eigenvalue weighted by Crippen LogP contribution is -2.37. The largest absolute Gasteiger partial charge is 0.480 e. The average Bonchev–Trinajstić information content (AvgIpc) is 3.05. The third-order valence-corrected chi connectivity index (χ3v) is 3.53. The fourth-order valence-electron chi connectivity index (χ4n) is 2.49. The molecule has 0 heterocycles. The molecule has 0 amide bonds. The van der Waals surface area contributed by atoms with Crippen LogP contribution >= 0.6 is 0 Å². The molecule has 1 unspecified atom stereocenters. The zero-order chi connectivity index (χ0) is 12.8. The molecule has 4 nitrogen and oxygen atoms in total. The minimum atomic E-state index is -1.65. The van der Waals surface area contributed by atoms with E-state index in [2.05, 4.69) is 0 Å². The number of hydrogen-bond donors (Lipinski definition) is 2. The van der Waals surface area contributed by atoms with E-state index in [9.17, 15) is 19.1 Å². The number of halogens is 1. The molecule has 92 valence electrons. The summed E-state index contributed by atoms with van der Waals surface area (Å²) >= 11 is 0. The van der Waals surface area contributed by atoms with Crippen LogP contribution in [0.15, 0.2) is 23.0 Å². The molecular weight excluding hydrogens is 227 g/mol. The van der Waals surface area contributed by atoms with Crippen molar-refractivity contribution in [3.05, 3.63) is 23.0 Å². The van der Waals surface area contributed by atoms with Crippen LogP contribution in [0, 0.1) is 11.3 Å². The van der Waals surface area contributed by atoms with Crippen LogP contribution in [0.5, 0.6) is 0 Å². The lowest BCUT2D eigenvalue weighted by Gasteiger charge is -2.32. The van der Waals surface area contributed by atoms with Gasteiger partial charge < -0.3 is 10.2 Å². The van der Waals surface area contributed by atoms with Gasteiger partial charge in [-0.05, 0) is 37.3 Å². The molecule has 0 aromatic heterocycles. The van der Waals surface area contributed by atoms with Gasteiger partial charge >= 0.3 is 11.9 Å². The van der Waals surface area contributed by atoms with Gasteiger partial charge in [-0.15, -0.1) is 0 Å². The van der Waals surface area contributed by atoms with Gasteiger partial charge in [0, 0.05) is 12.0 Å². The van der Waals surface area contributed by atoms with Crippen LogP contribution in [0.4, 0.5) is 4.39 Å². The maximum Gasteiger partial charge on any atom is 0.331 e. The summed E-state index contributed by atoms with van der Waals surface area (Å²) in [6, 6.07) is 0. The minimum Gasteiger partial charge on any atom is -0.480 e. The smallest absolute Gasteiger partial charge is 0.331 e. The monoisotopic (exact) mass is 240 g/mol. The molecule has 1 saturated carbocycles. The molecular formula is C12H13FO4. The number of carbonyl (C=O) groups is 2. The number of allylic oxidation sites excluding steroid dienone is 2. The van der Waals surface area contributed by atoms with Gasteiger partial charge in [-0.3, -0.25) is 4.79 Å². The normalized spacial score (nSPS) is 28.9. The van der Waals surface area contributed by atoms with E-state index in [1.807, 2.05) is 0 Å². The fraction of sp³-hybridized carbons (Fsp3) is 0.500. The Labute approximate surface area is 97.4 Å². The Hall–Kier alpha value is -1.65. The van der Waals surface area contributed by atoms with Crippen LogP contribution < -0.4 is 0 Å². The van der Waals surface area contributed by atoms with Crippen molar-refractivity contribution in [3.8, 4) is 0 Å². The summed E-state index contributed by atoms with van der Waals surface area (Å²) in [4.78, 5) is 22.3. The van der Waals surface area contributed by atoms with E-state index in [1.54, 1.807) is 0 Å². The third-order valence-electron chi connectivity index (χ3n) is 3.53. The van der Waals surface area contributed by atoms with Crippen LogP contribution in [0.3, 0.4) is 0 Å². The van der Waals surface area contributed by atoms with E-state index in [0.29, 0.717) is 12.8 Å². The minimum absolute atomic E-state index is 0.0294. The van der Waals surface area contributed by atoms with E-state index in [-0.39, 0.29) is 23.5 Å². The van der Waals surface area contributed by atoms with Gasteiger partial charge in [-0.2, -0.15) is 0 Å². The molecule has 0 saturated heterocycles. The van der Waals surface area contributed by atoms with Crippen molar-refractivity contribution in [3.63, 3.8) is 0 Å². The van der Waals surface area contributed by atoms with E-state index in [1.165, 1.54) is 13.0 Å². The van der Waals surface area contributed by atoms with Crippen molar-refractivity contribution in [2.75, 3.05) is 0 Å². The second-order valence-corrected chi connectivity index (χ2v) is 4.70. The van der Waals surface area contributed by atoms with Crippen LogP contribution in [0.1, 0.15) is 26.2 Å². The maximum absolute atomic E-state index is 14.1. The molecule has 0 aromatic carbocycles. The molecule has 17 heavy (non-hydrogen) atoms. The standard InChI is InChI=1S/C12H13FO4/c1-6-4-7(10(14)15)5-12(9(6)13,11(16)17)8-2-3-8/h4,8H,2-3,5H2,1H3,(H,14,15)(H,16,17). The van der Waals surface area contributed by atoms with Crippen molar-refractivity contribution in [1.29, 1.82) is 0 Å². The molecule has 0 aromatic rings. The van der Waals surface area contributed by atoms with Crippen LogP contribution in [-0.2, 0) is 9.59 Å². The molecule has 2 N–H and O–H groups in total. The molecule has 2 aliphatic carbocycles. The van der Waals surface area contributed by atoms with E-state index in [0.717, 1.165) is 0 Å². The zero-order valence-corrected chi connectivity index (χ0v) is 9.36. The van der Waals surface area contributed by atoms with Gasteiger partial charge in [0.25, 0.3) is 0 Å². The summed E-state index contributed by atoms with van der Waals surface area (Å²) in [7, 11) is 0. The first-order valence-corrected chi connectivity index (χ1v) is 5.43. The number of carboxylic acids is 2. The average molecular weight is 240 g/mol.